The Kier molecular flexibility index (Phi) is 2.19. The van der Waals surface area contributed by atoms with Crippen molar-refractivity contribution in [1.82, 2.24) is 4.90 Å². The highest BCUT2D eigenvalue weighted by molar-refractivity contribution is 7.14. The lowest BCUT2D eigenvalue weighted by molar-refractivity contribution is -0.0956. The number of hydrogen-bond donors (Lipinski definition) is 1. The van der Waals surface area contributed by atoms with Gasteiger partial charge in [0.15, 0.2) is 0 Å². The number of fused-ring (bicyclic) bond motifs is 1. The molecule has 0 aromatic carbocycles. The number of thiophene rings is 1. The SMILES string of the molecule is O=C(c1cc2c(s1)CCC2)N1CC(O)(C2CC2)C1. The van der Waals surface area contributed by atoms with E-state index in [9.17, 15) is 9.90 Å². The summed E-state index contributed by atoms with van der Waals surface area (Å²) in [4.78, 5) is 16.4. The molecule has 1 amide bonds. The molecule has 0 atom stereocenters. The van der Waals surface area contributed by atoms with Crippen molar-refractivity contribution in [2.75, 3.05) is 13.1 Å². The second-order valence-electron chi connectivity index (χ2n) is 5.95. The number of hydrogen-bond acceptors (Lipinski definition) is 3. The van der Waals surface area contributed by atoms with Crippen LogP contribution in [0, 0.1) is 5.92 Å². The summed E-state index contributed by atoms with van der Waals surface area (Å²) in [5, 5.41) is 10.2. The number of β-amino-alcohol motifs (C(OH)–C–C–N with tert-alkyl or cyclic N) is 1. The van der Waals surface area contributed by atoms with Gasteiger partial charge in [0.2, 0.25) is 0 Å². The molecule has 4 heteroatoms. The van der Waals surface area contributed by atoms with Gasteiger partial charge in [-0.25, -0.2) is 0 Å². The molecule has 0 spiro atoms. The maximum Gasteiger partial charge on any atom is 0.264 e. The third-order valence-electron chi connectivity index (χ3n) is 4.51. The van der Waals surface area contributed by atoms with Gasteiger partial charge in [0.05, 0.1) is 18.0 Å². The largest absolute Gasteiger partial charge is 0.386 e. The summed E-state index contributed by atoms with van der Waals surface area (Å²) in [6.07, 6.45) is 5.77. The third-order valence-corrected chi connectivity index (χ3v) is 5.74. The van der Waals surface area contributed by atoms with E-state index in [0.29, 0.717) is 19.0 Å². The second-order valence-corrected chi connectivity index (χ2v) is 7.09. The Labute approximate surface area is 110 Å². The van der Waals surface area contributed by atoms with Gasteiger partial charge in [0.1, 0.15) is 5.60 Å². The molecule has 1 saturated heterocycles. The minimum atomic E-state index is -0.560. The van der Waals surface area contributed by atoms with Gasteiger partial charge in [-0.05, 0) is 49.7 Å². The molecule has 0 bridgehead atoms. The highest BCUT2D eigenvalue weighted by Crippen LogP contribution is 2.45. The smallest absolute Gasteiger partial charge is 0.264 e. The summed E-state index contributed by atoms with van der Waals surface area (Å²) in [5.41, 5.74) is 0.816. The number of aryl methyl sites for hydroxylation is 2. The van der Waals surface area contributed by atoms with Crippen LogP contribution in [0.25, 0.3) is 0 Å². The van der Waals surface area contributed by atoms with E-state index in [1.807, 2.05) is 0 Å². The topological polar surface area (TPSA) is 40.5 Å². The number of carbonyl (C=O) groups excluding carboxylic acids is 1. The lowest BCUT2D eigenvalue weighted by Crippen LogP contribution is -2.64. The average Bonchev–Trinajstić information content (AvgIpc) is 2.93. The Morgan fingerprint density at radius 3 is 2.83 bits per heavy atom. The van der Waals surface area contributed by atoms with Crippen molar-refractivity contribution >= 4 is 17.2 Å². The van der Waals surface area contributed by atoms with Crippen LogP contribution in [-0.4, -0.2) is 34.6 Å². The summed E-state index contributed by atoms with van der Waals surface area (Å²) < 4.78 is 0. The molecule has 2 aliphatic carbocycles. The second kappa shape index (κ2) is 3.58. The lowest BCUT2D eigenvalue weighted by atomic mass is 9.88. The van der Waals surface area contributed by atoms with Gasteiger partial charge in [-0.1, -0.05) is 0 Å². The average molecular weight is 263 g/mol. The summed E-state index contributed by atoms with van der Waals surface area (Å²) in [6.45, 7) is 1.08. The van der Waals surface area contributed by atoms with E-state index in [1.54, 1.807) is 16.2 Å². The van der Waals surface area contributed by atoms with Crippen LogP contribution < -0.4 is 0 Å². The molecule has 0 radical (unpaired) electrons. The minimum absolute atomic E-state index is 0.125. The van der Waals surface area contributed by atoms with E-state index < -0.39 is 5.60 Å². The fourth-order valence-electron chi connectivity index (χ4n) is 3.23. The van der Waals surface area contributed by atoms with Gasteiger partial charge in [0.25, 0.3) is 5.91 Å². The standard InChI is InChI=1S/C14H17NO2S/c16-13(12-6-9-2-1-3-11(9)18-12)15-7-14(17,8-15)10-4-5-10/h6,10,17H,1-5,7-8H2. The normalized spacial score (nSPS) is 24.8. The van der Waals surface area contributed by atoms with Crippen molar-refractivity contribution in [1.29, 1.82) is 0 Å². The van der Waals surface area contributed by atoms with Gasteiger partial charge < -0.3 is 10.0 Å². The molecule has 2 fully saturated rings. The quantitative estimate of drug-likeness (QED) is 0.884. The van der Waals surface area contributed by atoms with Crippen molar-refractivity contribution < 1.29 is 9.90 Å². The maximum atomic E-state index is 12.3. The van der Waals surface area contributed by atoms with Crippen molar-refractivity contribution in [2.45, 2.75) is 37.7 Å². The first-order chi connectivity index (χ1) is 8.66. The number of carbonyl (C=O) groups is 1. The summed E-state index contributed by atoms with van der Waals surface area (Å²) in [7, 11) is 0. The zero-order chi connectivity index (χ0) is 12.3. The Balaban J connectivity index is 1.47. The first kappa shape index (κ1) is 11.0. The number of rotatable bonds is 2. The van der Waals surface area contributed by atoms with E-state index in [2.05, 4.69) is 6.07 Å². The molecule has 1 aromatic rings. The Morgan fingerprint density at radius 2 is 2.17 bits per heavy atom. The fourth-order valence-corrected chi connectivity index (χ4v) is 4.45. The van der Waals surface area contributed by atoms with Gasteiger partial charge in [-0.3, -0.25) is 4.79 Å². The molecule has 0 unspecified atom stereocenters. The molecule has 3 aliphatic rings. The summed E-state index contributed by atoms with van der Waals surface area (Å²) >= 11 is 1.66. The molecule has 4 rings (SSSR count). The van der Waals surface area contributed by atoms with Crippen LogP contribution in [0.15, 0.2) is 6.07 Å². The Bertz CT molecular complexity index is 490. The number of amides is 1. The van der Waals surface area contributed by atoms with Gasteiger partial charge in [-0.2, -0.15) is 0 Å². The van der Waals surface area contributed by atoms with Gasteiger partial charge in [0, 0.05) is 4.88 Å². The highest BCUT2D eigenvalue weighted by atomic mass is 32.1. The number of nitrogens with zero attached hydrogens (tertiary/aromatic N) is 1. The van der Waals surface area contributed by atoms with Crippen LogP contribution in [0.1, 0.15) is 39.4 Å². The lowest BCUT2D eigenvalue weighted by Gasteiger charge is -2.46. The molecule has 18 heavy (non-hydrogen) atoms. The Morgan fingerprint density at radius 1 is 1.39 bits per heavy atom. The van der Waals surface area contributed by atoms with E-state index in [0.717, 1.165) is 30.6 Å². The predicted molar refractivity (Wildman–Crippen MR) is 69.9 cm³/mol. The van der Waals surface area contributed by atoms with E-state index in [4.69, 9.17) is 0 Å². The molecular formula is C14H17NO2S. The van der Waals surface area contributed by atoms with E-state index in [1.165, 1.54) is 16.9 Å². The molecule has 1 aliphatic heterocycles. The first-order valence-corrected chi connectivity index (χ1v) is 7.61. The molecule has 1 saturated carbocycles. The van der Waals surface area contributed by atoms with Crippen molar-refractivity contribution in [3.05, 3.63) is 21.4 Å². The number of likely N-dealkylation sites (tertiary alicyclic amines) is 1. The zero-order valence-corrected chi connectivity index (χ0v) is 11.1. The van der Waals surface area contributed by atoms with Crippen molar-refractivity contribution in [2.24, 2.45) is 5.92 Å². The molecular weight excluding hydrogens is 246 g/mol. The van der Waals surface area contributed by atoms with Gasteiger partial charge in [-0.15, -0.1) is 11.3 Å². The van der Waals surface area contributed by atoms with Crippen LogP contribution >= 0.6 is 11.3 Å². The monoisotopic (exact) mass is 263 g/mol. The fraction of sp³-hybridized carbons (Fsp3) is 0.643. The van der Waals surface area contributed by atoms with Gasteiger partial charge >= 0.3 is 0 Å². The van der Waals surface area contributed by atoms with Crippen LogP contribution in [-0.2, 0) is 12.8 Å². The van der Waals surface area contributed by atoms with Crippen LogP contribution in [0.4, 0.5) is 0 Å². The molecule has 2 heterocycles. The van der Waals surface area contributed by atoms with Crippen LogP contribution in [0.3, 0.4) is 0 Å². The predicted octanol–water partition coefficient (Wildman–Crippen LogP) is 1.83. The molecule has 1 N–H and O–H groups in total. The first-order valence-electron chi connectivity index (χ1n) is 6.79. The van der Waals surface area contributed by atoms with Crippen molar-refractivity contribution in [3.8, 4) is 0 Å². The van der Waals surface area contributed by atoms with E-state index in [-0.39, 0.29) is 5.91 Å². The highest BCUT2D eigenvalue weighted by Gasteiger charge is 2.53. The summed E-state index contributed by atoms with van der Waals surface area (Å²) in [6, 6.07) is 2.07. The number of aliphatic hydroxyl groups is 1. The summed E-state index contributed by atoms with van der Waals surface area (Å²) in [5.74, 6) is 0.578. The van der Waals surface area contributed by atoms with Crippen molar-refractivity contribution in [3.63, 3.8) is 0 Å². The zero-order valence-electron chi connectivity index (χ0n) is 10.3. The molecule has 1 aromatic heterocycles. The third kappa shape index (κ3) is 1.55. The molecule has 96 valence electrons. The van der Waals surface area contributed by atoms with E-state index >= 15 is 0 Å². The minimum Gasteiger partial charge on any atom is -0.386 e. The Hall–Kier alpha value is -0.870. The molecule has 3 nitrogen and oxygen atoms in total. The maximum absolute atomic E-state index is 12.3. The van der Waals surface area contributed by atoms with Crippen LogP contribution in [0.5, 0.6) is 0 Å². The van der Waals surface area contributed by atoms with Crippen LogP contribution in [0.2, 0.25) is 0 Å².